The van der Waals surface area contributed by atoms with Crippen molar-refractivity contribution in [2.75, 3.05) is 20.8 Å². The summed E-state index contributed by atoms with van der Waals surface area (Å²) in [6, 6.07) is 3.96. The molecule has 2 heterocycles. The highest BCUT2D eigenvalue weighted by Gasteiger charge is 2.24. The van der Waals surface area contributed by atoms with Crippen molar-refractivity contribution in [3.63, 3.8) is 0 Å². The number of hydrogen-bond donors (Lipinski definition) is 0. The summed E-state index contributed by atoms with van der Waals surface area (Å²) in [6.07, 6.45) is 1.05. The number of rotatable bonds is 4. The Labute approximate surface area is 141 Å². The van der Waals surface area contributed by atoms with Gasteiger partial charge in [-0.05, 0) is 36.6 Å². The molecule has 1 aromatic heterocycles. The maximum Gasteiger partial charge on any atom is 0.230 e. The number of methoxy groups -OCH3 is 2. The Bertz CT molecular complexity index is 767. The van der Waals surface area contributed by atoms with Crippen LogP contribution < -0.4 is 9.47 Å². The van der Waals surface area contributed by atoms with Crippen LogP contribution in [0.1, 0.15) is 28.5 Å². The van der Waals surface area contributed by atoms with Gasteiger partial charge in [0, 0.05) is 20.0 Å². The van der Waals surface area contributed by atoms with Gasteiger partial charge in [-0.1, -0.05) is 0 Å². The van der Waals surface area contributed by atoms with Crippen LogP contribution in [0, 0.1) is 13.8 Å². The van der Waals surface area contributed by atoms with Crippen LogP contribution in [0.15, 0.2) is 16.5 Å². The van der Waals surface area contributed by atoms with Gasteiger partial charge in [-0.2, -0.15) is 0 Å². The van der Waals surface area contributed by atoms with Crippen LogP contribution in [-0.2, 0) is 24.2 Å². The Morgan fingerprint density at radius 3 is 2.46 bits per heavy atom. The van der Waals surface area contributed by atoms with Crippen molar-refractivity contribution >= 4 is 5.91 Å². The van der Waals surface area contributed by atoms with Crippen LogP contribution >= 0.6 is 0 Å². The molecule has 0 bridgehead atoms. The van der Waals surface area contributed by atoms with Crippen molar-refractivity contribution in [3.05, 3.63) is 40.6 Å². The maximum atomic E-state index is 12.6. The molecule has 0 fully saturated rings. The summed E-state index contributed by atoms with van der Waals surface area (Å²) < 4.78 is 16.2. The topological polar surface area (TPSA) is 64.8 Å². The van der Waals surface area contributed by atoms with E-state index in [1.165, 1.54) is 5.56 Å². The molecule has 0 spiro atoms. The summed E-state index contributed by atoms with van der Waals surface area (Å²) in [7, 11) is 3.25. The van der Waals surface area contributed by atoms with E-state index in [9.17, 15) is 4.79 Å². The van der Waals surface area contributed by atoms with Gasteiger partial charge >= 0.3 is 0 Å². The van der Waals surface area contributed by atoms with Crippen molar-refractivity contribution in [1.82, 2.24) is 9.88 Å². The Balaban J connectivity index is 1.76. The summed E-state index contributed by atoms with van der Waals surface area (Å²) in [4.78, 5) is 18.7. The zero-order valence-corrected chi connectivity index (χ0v) is 14.5. The van der Waals surface area contributed by atoms with Crippen LogP contribution in [0.5, 0.6) is 11.5 Å². The lowest BCUT2D eigenvalue weighted by atomic mass is 9.98. The van der Waals surface area contributed by atoms with Gasteiger partial charge in [0.1, 0.15) is 5.76 Å². The van der Waals surface area contributed by atoms with Gasteiger partial charge in [0.25, 0.3) is 0 Å². The SMILES string of the molecule is COc1cc2c(cc1OC)CN(C(=O)Cc1oc(C)nc1C)CC2. The molecule has 1 aliphatic heterocycles. The second-order valence-corrected chi connectivity index (χ2v) is 5.96. The number of benzene rings is 1. The van der Waals surface area contributed by atoms with Crippen LogP contribution in [0.2, 0.25) is 0 Å². The molecule has 24 heavy (non-hydrogen) atoms. The molecule has 0 N–H and O–H groups in total. The summed E-state index contributed by atoms with van der Waals surface area (Å²) in [6.45, 7) is 4.91. The molecule has 0 atom stereocenters. The van der Waals surface area contributed by atoms with Gasteiger partial charge in [0.05, 0.1) is 26.3 Å². The van der Waals surface area contributed by atoms with Crippen LogP contribution in [-0.4, -0.2) is 36.6 Å². The molecule has 0 aliphatic carbocycles. The van der Waals surface area contributed by atoms with Gasteiger partial charge in [-0.3, -0.25) is 4.79 Å². The number of hydrogen-bond acceptors (Lipinski definition) is 5. The fourth-order valence-electron chi connectivity index (χ4n) is 3.08. The highest BCUT2D eigenvalue weighted by Crippen LogP contribution is 2.33. The van der Waals surface area contributed by atoms with E-state index in [-0.39, 0.29) is 12.3 Å². The smallest absolute Gasteiger partial charge is 0.230 e. The lowest BCUT2D eigenvalue weighted by Gasteiger charge is -2.29. The van der Waals surface area contributed by atoms with Gasteiger partial charge in [-0.25, -0.2) is 4.98 Å². The van der Waals surface area contributed by atoms with Gasteiger partial charge in [-0.15, -0.1) is 0 Å². The summed E-state index contributed by atoms with van der Waals surface area (Å²) in [5.41, 5.74) is 3.07. The zero-order valence-electron chi connectivity index (χ0n) is 14.5. The Kier molecular flexibility index (Phi) is 4.46. The van der Waals surface area contributed by atoms with Crippen LogP contribution in [0.25, 0.3) is 0 Å². The number of oxazole rings is 1. The molecule has 6 nitrogen and oxygen atoms in total. The largest absolute Gasteiger partial charge is 0.493 e. The van der Waals surface area contributed by atoms with E-state index < -0.39 is 0 Å². The first-order valence-corrected chi connectivity index (χ1v) is 7.96. The van der Waals surface area contributed by atoms with E-state index in [0.717, 1.165) is 23.4 Å². The number of fused-ring (bicyclic) bond motifs is 1. The van der Waals surface area contributed by atoms with E-state index in [1.807, 2.05) is 24.0 Å². The molecule has 0 unspecified atom stereocenters. The Morgan fingerprint density at radius 1 is 1.21 bits per heavy atom. The number of nitrogens with zero attached hydrogens (tertiary/aromatic N) is 2. The Hall–Kier alpha value is -2.50. The average molecular weight is 330 g/mol. The molecule has 1 aromatic carbocycles. The summed E-state index contributed by atoms with van der Waals surface area (Å²) in [5, 5.41) is 0. The van der Waals surface area contributed by atoms with Crippen molar-refractivity contribution in [3.8, 4) is 11.5 Å². The zero-order chi connectivity index (χ0) is 17.3. The van der Waals surface area contributed by atoms with E-state index in [4.69, 9.17) is 13.9 Å². The quantitative estimate of drug-likeness (QED) is 0.861. The highest BCUT2D eigenvalue weighted by molar-refractivity contribution is 5.78. The van der Waals surface area contributed by atoms with E-state index >= 15 is 0 Å². The molecule has 128 valence electrons. The standard InChI is InChI=1S/C18H22N2O4/c1-11-15(24-12(2)19-11)9-18(21)20-6-5-13-7-16(22-3)17(23-4)8-14(13)10-20/h7-8H,5-6,9-10H2,1-4H3. The first-order chi connectivity index (χ1) is 11.5. The van der Waals surface area contributed by atoms with Gasteiger partial charge < -0.3 is 18.8 Å². The normalized spacial score (nSPS) is 13.6. The third kappa shape index (κ3) is 3.09. The Morgan fingerprint density at radius 2 is 1.88 bits per heavy atom. The molecule has 2 aromatic rings. The van der Waals surface area contributed by atoms with Crippen molar-refractivity contribution in [2.24, 2.45) is 0 Å². The minimum atomic E-state index is 0.0506. The second-order valence-electron chi connectivity index (χ2n) is 5.96. The summed E-state index contributed by atoms with van der Waals surface area (Å²) >= 11 is 0. The lowest BCUT2D eigenvalue weighted by Crippen LogP contribution is -2.37. The number of aryl methyl sites for hydroxylation is 2. The second kappa shape index (κ2) is 6.55. The fraction of sp³-hybridized carbons (Fsp3) is 0.444. The molecule has 6 heteroatoms. The number of ether oxygens (including phenoxy) is 2. The van der Waals surface area contributed by atoms with Crippen molar-refractivity contribution in [2.45, 2.75) is 33.2 Å². The van der Waals surface area contributed by atoms with Crippen LogP contribution in [0.4, 0.5) is 0 Å². The van der Waals surface area contributed by atoms with Gasteiger partial charge in [0.2, 0.25) is 5.91 Å². The monoisotopic (exact) mass is 330 g/mol. The lowest BCUT2D eigenvalue weighted by molar-refractivity contribution is -0.131. The van der Waals surface area contributed by atoms with Gasteiger partial charge in [0.15, 0.2) is 17.4 Å². The average Bonchev–Trinajstić information content (AvgIpc) is 2.90. The minimum absolute atomic E-state index is 0.0506. The summed E-state index contributed by atoms with van der Waals surface area (Å²) in [5.74, 6) is 2.71. The third-order valence-electron chi connectivity index (χ3n) is 4.38. The van der Waals surface area contributed by atoms with E-state index in [1.54, 1.807) is 21.1 Å². The van der Waals surface area contributed by atoms with Crippen LogP contribution in [0.3, 0.4) is 0 Å². The van der Waals surface area contributed by atoms with Crippen molar-refractivity contribution < 1.29 is 18.7 Å². The molecule has 0 saturated heterocycles. The molecular weight excluding hydrogens is 308 g/mol. The molecular formula is C18H22N2O4. The molecule has 1 aliphatic rings. The van der Waals surface area contributed by atoms with E-state index in [0.29, 0.717) is 30.5 Å². The predicted molar refractivity (Wildman–Crippen MR) is 88.3 cm³/mol. The first kappa shape index (κ1) is 16.4. The molecule has 0 saturated carbocycles. The highest BCUT2D eigenvalue weighted by atomic mass is 16.5. The number of aromatic nitrogens is 1. The minimum Gasteiger partial charge on any atom is -0.493 e. The molecule has 0 radical (unpaired) electrons. The predicted octanol–water partition coefficient (Wildman–Crippen LogP) is 2.44. The number of amides is 1. The fourth-order valence-corrected chi connectivity index (χ4v) is 3.08. The molecule has 3 rings (SSSR count). The third-order valence-corrected chi connectivity index (χ3v) is 4.38. The number of carbonyl (C=O) groups excluding carboxylic acids is 1. The number of carbonyl (C=O) groups is 1. The van der Waals surface area contributed by atoms with E-state index in [2.05, 4.69) is 4.98 Å². The van der Waals surface area contributed by atoms with Crippen molar-refractivity contribution in [1.29, 1.82) is 0 Å². The maximum absolute atomic E-state index is 12.6. The molecule has 1 amide bonds. The first-order valence-electron chi connectivity index (χ1n) is 7.96.